The zero-order valence-corrected chi connectivity index (χ0v) is 17.8. The first-order valence-corrected chi connectivity index (χ1v) is 11.1. The number of aromatic amines is 1. The molecule has 4 aromatic rings. The van der Waals surface area contributed by atoms with Gasteiger partial charge in [0, 0.05) is 42.1 Å². The minimum atomic E-state index is -0.0332. The second-order valence-corrected chi connectivity index (χ2v) is 8.72. The molecule has 0 bridgehead atoms. The van der Waals surface area contributed by atoms with Crippen LogP contribution in [0.1, 0.15) is 26.6 Å². The minimum absolute atomic E-state index is 0.0332. The quantitative estimate of drug-likeness (QED) is 0.495. The normalized spacial score (nSPS) is 13.3. The van der Waals surface area contributed by atoms with Crippen LogP contribution in [0.5, 0.6) is 0 Å². The van der Waals surface area contributed by atoms with Crippen molar-refractivity contribution in [1.82, 2.24) is 14.9 Å². The third kappa shape index (κ3) is 4.51. The Balaban J connectivity index is 1.29. The molecule has 1 aliphatic heterocycles. The van der Waals surface area contributed by atoms with Gasteiger partial charge < -0.3 is 4.98 Å². The molecule has 5 rings (SSSR count). The maximum Gasteiger partial charge on any atom is 0.255 e. The molecule has 152 valence electrons. The van der Waals surface area contributed by atoms with Crippen LogP contribution in [0.4, 0.5) is 0 Å². The average molecular weight is 424 g/mol. The van der Waals surface area contributed by atoms with Gasteiger partial charge in [-0.15, -0.1) is 11.3 Å². The van der Waals surface area contributed by atoms with E-state index in [4.69, 9.17) is 4.98 Å². The molecule has 2 aromatic heterocycles. The molecule has 0 fully saturated rings. The zero-order chi connectivity index (χ0) is 21.0. The smallest absolute Gasteiger partial charge is 0.255 e. The second kappa shape index (κ2) is 8.73. The van der Waals surface area contributed by atoms with Gasteiger partial charge in [-0.25, -0.2) is 4.98 Å². The topological polar surface area (TPSA) is 49.0 Å². The molecule has 0 aliphatic carbocycles. The predicted octanol–water partition coefficient (Wildman–Crippen LogP) is 4.46. The van der Waals surface area contributed by atoms with Gasteiger partial charge in [0.05, 0.1) is 16.1 Å². The van der Waals surface area contributed by atoms with Crippen LogP contribution in [0.15, 0.2) is 77.6 Å². The van der Waals surface area contributed by atoms with Crippen LogP contribution in [0.25, 0.3) is 11.4 Å². The molecule has 5 heteroatoms. The molecule has 0 unspecified atom stereocenters. The lowest BCUT2D eigenvalue weighted by atomic mass is 10.1. The highest BCUT2D eigenvalue weighted by Crippen LogP contribution is 2.22. The predicted molar refractivity (Wildman–Crippen MR) is 125 cm³/mol. The number of hydrogen-bond acceptors (Lipinski definition) is 4. The number of hydrogen-bond donors (Lipinski definition) is 1. The van der Waals surface area contributed by atoms with Crippen LogP contribution < -0.4 is 5.56 Å². The Morgan fingerprint density at radius 2 is 1.74 bits per heavy atom. The Morgan fingerprint density at radius 1 is 0.968 bits per heavy atom. The Morgan fingerprint density at radius 3 is 2.55 bits per heavy atom. The number of thiophene rings is 1. The molecule has 0 saturated heterocycles. The summed E-state index contributed by atoms with van der Waals surface area (Å²) in [6.07, 6.45) is 0.783. The highest BCUT2D eigenvalue weighted by atomic mass is 32.1. The number of benzene rings is 2. The molecular weight excluding hydrogens is 402 g/mol. The lowest BCUT2D eigenvalue weighted by Crippen LogP contribution is -2.35. The fourth-order valence-electron chi connectivity index (χ4n) is 3.75. The van der Waals surface area contributed by atoms with Crippen molar-refractivity contribution in [1.29, 1.82) is 0 Å². The lowest BCUT2D eigenvalue weighted by Gasteiger charge is -2.27. The summed E-state index contributed by atoms with van der Waals surface area (Å²) in [4.78, 5) is 25.1. The standard InChI is InChI=1S/C26H21N3OS/c30-26-23-18-29(16-15-24(23)27-25(28-26)20-9-5-2-6-10-20)17-22-14-13-21(31-22)12-11-19-7-3-1-4-8-19/h1-10,13-14H,15-18H2,(H,27,28,30). The average Bonchev–Trinajstić information content (AvgIpc) is 3.26. The van der Waals surface area contributed by atoms with E-state index in [0.717, 1.165) is 46.8 Å². The van der Waals surface area contributed by atoms with E-state index in [2.05, 4.69) is 33.9 Å². The van der Waals surface area contributed by atoms with Crippen molar-refractivity contribution >= 4 is 11.3 Å². The SMILES string of the molecule is O=c1[nH]c(-c2ccccc2)nc2c1CN(Cc1ccc(C#Cc3ccccc3)s1)CC2. The van der Waals surface area contributed by atoms with Crippen molar-refractivity contribution in [2.75, 3.05) is 6.54 Å². The van der Waals surface area contributed by atoms with Crippen molar-refractivity contribution in [3.05, 3.63) is 110 Å². The molecule has 0 radical (unpaired) electrons. The molecule has 1 N–H and O–H groups in total. The Labute approximate surface area is 185 Å². The molecule has 31 heavy (non-hydrogen) atoms. The van der Waals surface area contributed by atoms with E-state index in [1.54, 1.807) is 11.3 Å². The van der Waals surface area contributed by atoms with Crippen LogP contribution in [0, 0.1) is 11.8 Å². The molecule has 2 aromatic carbocycles. The Bertz CT molecular complexity index is 1310. The summed E-state index contributed by atoms with van der Waals surface area (Å²) in [6, 6.07) is 24.0. The summed E-state index contributed by atoms with van der Waals surface area (Å²) in [5.41, 5.74) is 3.62. The van der Waals surface area contributed by atoms with Crippen molar-refractivity contribution in [2.24, 2.45) is 0 Å². The molecule has 0 atom stereocenters. The molecule has 4 nitrogen and oxygen atoms in total. The highest BCUT2D eigenvalue weighted by molar-refractivity contribution is 7.12. The van der Waals surface area contributed by atoms with Gasteiger partial charge in [0.25, 0.3) is 5.56 Å². The minimum Gasteiger partial charge on any atom is -0.306 e. The van der Waals surface area contributed by atoms with E-state index >= 15 is 0 Å². The first kappa shape index (κ1) is 19.5. The summed E-state index contributed by atoms with van der Waals surface area (Å²) < 4.78 is 0. The summed E-state index contributed by atoms with van der Waals surface area (Å²) in [5.74, 6) is 7.11. The summed E-state index contributed by atoms with van der Waals surface area (Å²) in [5, 5.41) is 0. The van der Waals surface area contributed by atoms with Gasteiger partial charge >= 0.3 is 0 Å². The van der Waals surface area contributed by atoms with E-state index in [0.29, 0.717) is 12.4 Å². The van der Waals surface area contributed by atoms with Gasteiger partial charge in [0.1, 0.15) is 5.82 Å². The van der Waals surface area contributed by atoms with Gasteiger partial charge in [-0.1, -0.05) is 60.4 Å². The van der Waals surface area contributed by atoms with E-state index in [9.17, 15) is 4.79 Å². The molecular formula is C26H21N3OS. The number of aromatic nitrogens is 2. The summed E-state index contributed by atoms with van der Waals surface area (Å²) >= 11 is 1.71. The second-order valence-electron chi connectivity index (χ2n) is 7.55. The van der Waals surface area contributed by atoms with Crippen LogP contribution in [0.2, 0.25) is 0 Å². The van der Waals surface area contributed by atoms with Crippen molar-refractivity contribution in [3.8, 4) is 23.2 Å². The van der Waals surface area contributed by atoms with E-state index in [-0.39, 0.29) is 5.56 Å². The number of nitrogens with one attached hydrogen (secondary N) is 1. The maximum absolute atomic E-state index is 12.7. The summed E-state index contributed by atoms with van der Waals surface area (Å²) in [6.45, 7) is 2.33. The van der Waals surface area contributed by atoms with Gasteiger partial charge in [-0.2, -0.15) is 0 Å². The van der Waals surface area contributed by atoms with Crippen molar-refractivity contribution in [3.63, 3.8) is 0 Å². The summed E-state index contributed by atoms with van der Waals surface area (Å²) in [7, 11) is 0. The van der Waals surface area contributed by atoms with Gasteiger partial charge in [0.2, 0.25) is 0 Å². The Kier molecular flexibility index (Phi) is 5.49. The first-order valence-electron chi connectivity index (χ1n) is 10.3. The molecule has 1 aliphatic rings. The van der Waals surface area contributed by atoms with Crippen LogP contribution >= 0.6 is 11.3 Å². The number of nitrogens with zero attached hydrogens (tertiary/aromatic N) is 2. The third-order valence-corrected chi connectivity index (χ3v) is 6.33. The number of H-pyrrole nitrogens is 1. The molecule has 3 heterocycles. The first-order chi connectivity index (χ1) is 15.2. The fourth-order valence-corrected chi connectivity index (χ4v) is 4.66. The third-order valence-electron chi connectivity index (χ3n) is 5.34. The van der Waals surface area contributed by atoms with Crippen LogP contribution in [0.3, 0.4) is 0 Å². The van der Waals surface area contributed by atoms with Gasteiger partial charge in [-0.3, -0.25) is 9.69 Å². The van der Waals surface area contributed by atoms with E-state index < -0.39 is 0 Å². The van der Waals surface area contributed by atoms with Gasteiger partial charge in [-0.05, 0) is 24.3 Å². The Hall–Kier alpha value is -3.46. The van der Waals surface area contributed by atoms with Gasteiger partial charge in [0.15, 0.2) is 0 Å². The molecule has 0 spiro atoms. The van der Waals surface area contributed by atoms with Crippen LogP contribution in [-0.2, 0) is 19.5 Å². The monoisotopic (exact) mass is 423 g/mol. The zero-order valence-electron chi connectivity index (χ0n) is 17.0. The molecule has 0 saturated carbocycles. The molecule has 0 amide bonds. The largest absolute Gasteiger partial charge is 0.306 e. The highest BCUT2D eigenvalue weighted by Gasteiger charge is 2.22. The van der Waals surface area contributed by atoms with E-state index in [1.807, 2.05) is 60.7 Å². The van der Waals surface area contributed by atoms with Crippen molar-refractivity contribution in [2.45, 2.75) is 19.5 Å². The maximum atomic E-state index is 12.7. The number of rotatable bonds is 3. The van der Waals surface area contributed by atoms with E-state index in [1.165, 1.54) is 4.88 Å². The fraction of sp³-hybridized carbons (Fsp3) is 0.154. The van der Waals surface area contributed by atoms with Crippen molar-refractivity contribution < 1.29 is 0 Å². The van der Waals surface area contributed by atoms with Crippen LogP contribution in [-0.4, -0.2) is 21.4 Å². The number of fused-ring (bicyclic) bond motifs is 1. The lowest BCUT2D eigenvalue weighted by molar-refractivity contribution is 0.244.